The summed E-state index contributed by atoms with van der Waals surface area (Å²) in [6.45, 7) is 4.73. The molecule has 0 amide bonds. The van der Waals surface area contributed by atoms with Gasteiger partial charge in [0.05, 0.1) is 6.61 Å². The van der Waals surface area contributed by atoms with E-state index >= 15 is 0 Å². The minimum atomic E-state index is 0.751. The molecule has 0 fully saturated rings. The molecular formula is C14H19Br2NO. The Bertz CT molecular complexity index is 405. The maximum Gasteiger partial charge on any atom is 0.0587 e. The van der Waals surface area contributed by atoms with Crippen molar-refractivity contribution in [2.24, 2.45) is 0 Å². The van der Waals surface area contributed by atoms with Crippen molar-refractivity contribution in [2.75, 3.05) is 26.8 Å². The molecular weight excluding hydrogens is 358 g/mol. The van der Waals surface area contributed by atoms with Gasteiger partial charge in [-0.15, -0.1) is 0 Å². The van der Waals surface area contributed by atoms with Crippen LogP contribution in [-0.4, -0.2) is 26.8 Å². The molecule has 0 saturated carbocycles. The minimum absolute atomic E-state index is 0.751. The number of hydrogen-bond donors (Lipinski definition) is 1. The van der Waals surface area contributed by atoms with Gasteiger partial charge in [0.15, 0.2) is 0 Å². The van der Waals surface area contributed by atoms with E-state index in [1.807, 2.05) is 0 Å². The van der Waals surface area contributed by atoms with Crippen molar-refractivity contribution in [3.8, 4) is 0 Å². The highest BCUT2D eigenvalue weighted by atomic mass is 79.9. The maximum atomic E-state index is 5.01. The molecule has 0 spiro atoms. The summed E-state index contributed by atoms with van der Waals surface area (Å²) in [6, 6.07) is 6.29. The lowest BCUT2D eigenvalue weighted by Gasteiger charge is -2.07. The number of rotatable bonds is 7. The van der Waals surface area contributed by atoms with Crippen LogP contribution in [0.3, 0.4) is 0 Å². The Kier molecular flexibility index (Phi) is 7.82. The molecule has 0 heterocycles. The van der Waals surface area contributed by atoms with Gasteiger partial charge in [-0.3, -0.25) is 0 Å². The van der Waals surface area contributed by atoms with Crippen molar-refractivity contribution >= 4 is 37.9 Å². The molecule has 4 heteroatoms. The largest absolute Gasteiger partial charge is 0.383 e. The van der Waals surface area contributed by atoms with E-state index in [0.29, 0.717) is 0 Å². The van der Waals surface area contributed by atoms with Crippen molar-refractivity contribution in [1.82, 2.24) is 5.32 Å². The second-order valence-corrected chi connectivity index (χ2v) is 5.71. The number of halogens is 2. The van der Waals surface area contributed by atoms with Crippen LogP contribution in [0.4, 0.5) is 0 Å². The van der Waals surface area contributed by atoms with E-state index in [1.165, 1.54) is 11.1 Å². The van der Waals surface area contributed by atoms with Crippen LogP contribution >= 0.6 is 31.9 Å². The number of ether oxygens (including phenoxy) is 1. The van der Waals surface area contributed by atoms with Gasteiger partial charge in [-0.25, -0.2) is 0 Å². The van der Waals surface area contributed by atoms with Gasteiger partial charge in [0.2, 0.25) is 0 Å². The number of methoxy groups -OCH3 is 1. The number of nitrogens with one attached hydrogen (secondary N) is 1. The van der Waals surface area contributed by atoms with E-state index in [0.717, 1.165) is 35.1 Å². The topological polar surface area (TPSA) is 21.3 Å². The fourth-order valence-corrected chi connectivity index (χ4v) is 2.18. The summed E-state index contributed by atoms with van der Waals surface area (Å²) in [6.07, 6.45) is 3.28. The molecule has 1 N–H and O–H groups in total. The van der Waals surface area contributed by atoms with Crippen molar-refractivity contribution in [2.45, 2.75) is 13.3 Å². The monoisotopic (exact) mass is 375 g/mol. The molecule has 0 saturated heterocycles. The van der Waals surface area contributed by atoms with Crippen LogP contribution in [0, 0.1) is 0 Å². The van der Waals surface area contributed by atoms with Gasteiger partial charge in [-0.05, 0) is 56.0 Å². The van der Waals surface area contributed by atoms with E-state index < -0.39 is 0 Å². The molecule has 1 aromatic rings. The van der Waals surface area contributed by atoms with Crippen LogP contribution in [0.15, 0.2) is 32.7 Å². The molecule has 0 radical (unpaired) electrons. The Balaban J connectivity index is 2.62. The normalized spacial score (nSPS) is 11.9. The van der Waals surface area contributed by atoms with E-state index in [2.05, 4.69) is 68.4 Å². The highest BCUT2D eigenvalue weighted by molar-refractivity contribution is 9.13. The molecule has 0 aliphatic heterocycles. The Morgan fingerprint density at radius 3 is 2.72 bits per heavy atom. The van der Waals surface area contributed by atoms with Crippen molar-refractivity contribution in [3.05, 3.63) is 38.3 Å². The summed E-state index contributed by atoms with van der Waals surface area (Å²) in [5, 5.41) is 3.37. The second kappa shape index (κ2) is 8.86. The minimum Gasteiger partial charge on any atom is -0.383 e. The summed E-state index contributed by atoms with van der Waals surface area (Å²) >= 11 is 7.00. The lowest BCUT2D eigenvalue weighted by atomic mass is 10.1. The van der Waals surface area contributed by atoms with E-state index in [1.54, 1.807) is 7.11 Å². The first kappa shape index (κ1) is 15.9. The smallest absolute Gasteiger partial charge is 0.0587 e. The lowest BCUT2D eigenvalue weighted by Crippen LogP contribution is -2.21. The third-order valence-electron chi connectivity index (χ3n) is 2.60. The Labute approximate surface area is 126 Å². The first-order valence-corrected chi connectivity index (χ1v) is 7.60. The zero-order valence-electron chi connectivity index (χ0n) is 10.8. The predicted molar refractivity (Wildman–Crippen MR) is 84.9 cm³/mol. The molecule has 1 rings (SSSR count). The molecule has 0 atom stereocenters. The number of hydrogen-bond acceptors (Lipinski definition) is 2. The highest BCUT2D eigenvalue weighted by Crippen LogP contribution is 2.24. The van der Waals surface area contributed by atoms with Gasteiger partial charge < -0.3 is 10.1 Å². The van der Waals surface area contributed by atoms with E-state index in [4.69, 9.17) is 4.74 Å². The molecule has 2 nitrogen and oxygen atoms in total. The van der Waals surface area contributed by atoms with Gasteiger partial charge in [0.25, 0.3) is 0 Å². The number of benzene rings is 1. The standard InChI is InChI=1S/C14H19Br2NO/c1-3-11(10-17-6-7-18-2)8-12-4-5-13(15)14(16)9-12/h4-5,8-9,17H,3,6-7,10H2,1-2H3/b11-8-. The third kappa shape index (κ3) is 5.65. The first-order valence-electron chi connectivity index (χ1n) is 6.01. The molecule has 0 unspecified atom stereocenters. The van der Waals surface area contributed by atoms with Crippen molar-refractivity contribution in [3.63, 3.8) is 0 Å². The Hall–Kier alpha value is -0.160. The zero-order chi connectivity index (χ0) is 13.4. The molecule has 0 aliphatic rings. The molecule has 0 bridgehead atoms. The average Bonchev–Trinajstić information content (AvgIpc) is 2.37. The SMILES string of the molecule is CC/C(=C/c1ccc(Br)c(Br)c1)CNCCOC. The summed E-state index contributed by atoms with van der Waals surface area (Å²) in [4.78, 5) is 0. The molecule has 1 aromatic carbocycles. The van der Waals surface area contributed by atoms with Crippen LogP contribution in [0.5, 0.6) is 0 Å². The third-order valence-corrected chi connectivity index (χ3v) is 4.48. The Morgan fingerprint density at radius 2 is 2.11 bits per heavy atom. The highest BCUT2D eigenvalue weighted by Gasteiger charge is 1.99. The van der Waals surface area contributed by atoms with Gasteiger partial charge in [0.1, 0.15) is 0 Å². The van der Waals surface area contributed by atoms with Crippen molar-refractivity contribution < 1.29 is 4.74 Å². The first-order chi connectivity index (χ1) is 8.67. The summed E-state index contributed by atoms with van der Waals surface area (Å²) in [5.74, 6) is 0. The zero-order valence-corrected chi connectivity index (χ0v) is 14.0. The van der Waals surface area contributed by atoms with Crippen molar-refractivity contribution in [1.29, 1.82) is 0 Å². The molecule has 100 valence electrons. The summed E-state index contributed by atoms with van der Waals surface area (Å²) in [7, 11) is 1.72. The molecule has 18 heavy (non-hydrogen) atoms. The Morgan fingerprint density at radius 1 is 1.33 bits per heavy atom. The second-order valence-electron chi connectivity index (χ2n) is 4.00. The summed E-state index contributed by atoms with van der Waals surface area (Å²) in [5.41, 5.74) is 2.61. The van der Waals surface area contributed by atoms with Gasteiger partial charge in [0, 0.05) is 29.1 Å². The van der Waals surface area contributed by atoms with Gasteiger partial charge in [-0.1, -0.05) is 24.6 Å². The average molecular weight is 377 g/mol. The van der Waals surface area contributed by atoms with Crippen LogP contribution in [0.2, 0.25) is 0 Å². The van der Waals surface area contributed by atoms with Gasteiger partial charge >= 0.3 is 0 Å². The predicted octanol–water partition coefficient (Wildman–Crippen LogP) is 4.24. The fraction of sp³-hybridized carbons (Fsp3) is 0.429. The fourth-order valence-electron chi connectivity index (χ4n) is 1.54. The van der Waals surface area contributed by atoms with Gasteiger partial charge in [-0.2, -0.15) is 0 Å². The summed E-state index contributed by atoms with van der Waals surface area (Å²) < 4.78 is 7.17. The van der Waals surface area contributed by atoms with Crippen LogP contribution < -0.4 is 5.32 Å². The maximum absolute atomic E-state index is 5.01. The van der Waals surface area contributed by atoms with E-state index in [-0.39, 0.29) is 0 Å². The van der Waals surface area contributed by atoms with Crippen LogP contribution in [0.25, 0.3) is 6.08 Å². The van der Waals surface area contributed by atoms with Crippen LogP contribution in [-0.2, 0) is 4.74 Å². The molecule has 0 aliphatic carbocycles. The molecule has 0 aromatic heterocycles. The van der Waals surface area contributed by atoms with E-state index in [9.17, 15) is 0 Å². The van der Waals surface area contributed by atoms with Crippen LogP contribution in [0.1, 0.15) is 18.9 Å². The quantitative estimate of drug-likeness (QED) is 0.718. The lowest BCUT2D eigenvalue weighted by molar-refractivity contribution is 0.200.